The molecule has 1 heterocycles. The van der Waals surface area contributed by atoms with E-state index in [1.54, 1.807) is 6.92 Å². The van der Waals surface area contributed by atoms with Crippen molar-refractivity contribution in [3.8, 4) is 0 Å². The Bertz CT molecular complexity index is 355. The highest BCUT2D eigenvalue weighted by Crippen LogP contribution is 2.34. The van der Waals surface area contributed by atoms with Gasteiger partial charge in [0.05, 0.1) is 5.92 Å². The first-order valence-electron chi connectivity index (χ1n) is 7.97. The third-order valence-corrected chi connectivity index (χ3v) is 4.52. The summed E-state index contributed by atoms with van der Waals surface area (Å²) in [6, 6.07) is -0.00895. The zero-order chi connectivity index (χ0) is 16.0. The first-order valence-corrected chi connectivity index (χ1v) is 7.97. The molecule has 0 saturated carbocycles. The molecule has 1 unspecified atom stereocenters. The van der Waals surface area contributed by atoms with E-state index in [2.05, 4.69) is 26.1 Å². The van der Waals surface area contributed by atoms with Crippen molar-refractivity contribution in [1.29, 1.82) is 0 Å². The molecular weight excluding hydrogens is 268 g/mol. The highest BCUT2D eigenvalue weighted by molar-refractivity contribution is 5.74. The van der Waals surface area contributed by atoms with E-state index < -0.39 is 5.97 Å². The molecule has 1 rings (SSSR count). The van der Waals surface area contributed by atoms with Crippen LogP contribution in [0.25, 0.3) is 0 Å². The Hall–Kier alpha value is -1.26. The van der Waals surface area contributed by atoms with Crippen LogP contribution in [0.2, 0.25) is 0 Å². The molecule has 1 atom stereocenters. The highest BCUT2D eigenvalue weighted by atomic mass is 16.4. The quantitative estimate of drug-likeness (QED) is 0.767. The standard InChI is InChI=1S/C16H30N2O3/c1-12(14(19)20)6-5-9-17-15(21)18-10-7-13(8-11-18)16(2,3)4/h12-13H,5-11H2,1-4H3,(H,17,21)(H,19,20). The first kappa shape index (κ1) is 17.8. The Labute approximate surface area is 128 Å². The van der Waals surface area contributed by atoms with E-state index in [1.807, 2.05) is 4.90 Å². The molecule has 1 fully saturated rings. The largest absolute Gasteiger partial charge is 0.481 e. The molecule has 1 saturated heterocycles. The number of carbonyl (C=O) groups excluding carboxylic acids is 1. The summed E-state index contributed by atoms with van der Waals surface area (Å²) >= 11 is 0. The number of carboxylic acid groups (broad SMARTS) is 1. The summed E-state index contributed by atoms with van der Waals surface area (Å²) < 4.78 is 0. The van der Waals surface area contributed by atoms with Crippen LogP contribution in [0.1, 0.15) is 53.4 Å². The average Bonchev–Trinajstić information content (AvgIpc) is 2.42. The number of hydrogen-bond acceptors (Lipinski definition) is 2. The Kier molecular flexibility index (Phi) is 6.49. The lowest BCUT2D eigenvalue weighted by Crippen LogP contribution is -2.46. The van der Waals surface area contributed by atoms with Crippen molar-refractivity contribution in [3.63, 3.8) is 0 Å². The van der Waals surface area contributed by atoms with E-state index in [0.29, 0.717) is 30.7 Å². The van der Waals surface area contributed by atoms with Crippen molar-refractivity contribution < 1.29 is 14.7 Å². The van der Waals surface area contributed by atoms with Gasteiger partial charge < -0.3 is 15.3 Å². The molecule has 5 heteroatoms. The number of likely N-dealkylation sites (tertiary alicyclic amines) is 1. The van der Waals surface area contributed by atoms with E-state index >= 15 is 0 Å². The van der Waals surface area contributed by atoms with E-state index in [9.17, 15) is 9.59 Å². The number of aliphatic carboxylic acids is 1. The van der Waals surface area contributed by atoms with Crippen LogP contribution in [0.4, 0.5) is 4.79 Å². The van der Waals surface area contributed by atoms with Crippen molar-refractivity contribution in [2.45, 2.75) is 53.4 Å². The summed E-state index contributed by atoms with van der Waals surface area (Å²) in [5.74, 6) is -0.437. The predicted octanol–water partition coefficient (Wildman–Crippen LogP) is 2.96. The lowest BCUT2D eigenvalue weighted by molar-refractivity contribution is -0.141. The maximum atomic E-state index is 12.0. The smallest absolute Gasteiger partial charge is 0.317 e. The number of nitrogens with zero attached hydrogens (tertiary/aromatic N) is 1. The van der Waals surface area contributed by atoms with Gasteiger partial charge in [0.1, 0.15) is 0 Å². The Balaban J connectivity index is 2.21. The van der Waals surface area contributed by atoms with Crippen LogP contribution in [0.3, 0.4) is 0 Å². The Morgan fingerprint density at radius 3 is 2.33 bits per heavy atom. The third-order valence-electron chi connectivity index (χ3n) is 4.52. The lowest BCUT2D eigenvalue weighted by atomic mass is 9.75. The van der Waals surface area contributed by atoms with Gasteiger partial charge in [-0.1, -0.05) is 27.7 Å². The fourth-order valence-corrected chi connectivity index (χ4v) is 2.79. The van der Waals surface area contributed by atoms with Crippen molar-refractivity contribution in [1.82, 2.24) is 10.2 Å². The normalized spacial score (nSPS) is 18.4. The van der Waals surface area contributed by atoms with Crippen LogP contribution in [0.5, 0.6) is 0 Å². The summed E-state index contributed by atoms with van der Waals surface area (Å²) in [5.41, 5.74) is 0.315. The molecule has 122 valence electrons. The number of nitrogens with one attached hydrogen (secondary N) is 1. The second kappa shape index (κ2) is 7.66. The number of amides is 2. The van der Waals surface area contributed by atoms with E-state index in [4.69, 9.17) is 5.11 Å². The zero-order valence-corrected chi connectivity index (χ0v) is 13.8. The summed E-state index contributed by atoms with van der Waals surface area (Å²) in [7, 11) is 0. The molecule has 1 aliphatic heterocycles. The predicted molar refractivity (Wildman–Crippen MR) is 83.2 cm³/mol. The number of carboxylic acids is 1. The molecule has 0 aliphatic carbocycles. The Morgan fingerprint density at radius 1 is 1.29 bits per heavy atom. The SMILES string of the molecule is CC(CCCNC(=O)N1CCC(C(C)(C)C)CC1)C(=O)O. The molecule has 21 heavy (non-hydrogen) atoms. The molecule has 0 bridgehead atoms. The molecular formula is C16H30N2O3. The van der Waals surface area contributed by atoms with Gasteiger partial charge in [0.2, 0.25) is 0 Å². The van der Waals surface area contributed by atoms with Gasteiger partial charge in [-0.15, -0.1) is 0 Å². The summed E-state index contributed by atoms with van der Waals surface area (Å²) in [6.45, 7) is 10.7. The van der Waals surface area contributed by atoms with Crippen LogP contribution in [-0.2, 0) is 4.79 Å². The van der Waals surface area contributed by atoms with E-state index in [-0.39, 0.29) is 11.9 Å². The minimum absolute atomic E-state index is 0.00895. The molecule has 2 amide bonds. The van der Waals surface area contributed by atoms with Gasteiger partial charge in [-0.25, -0.2) is 4.79 Å². The minimum Gasteiger partial charge on any atom is -0.481 e. The van der Waals surface area contributed by atoms with E-state index in [1.165, 1.54) is 0 Å². The second-order valence-electron chi connectivity index (χ2n) is 7.24. The van der Waals surface area contributed by atoms with Gasteiger partial charge in [0, 0.05) is 19.6 Å². The van der Waals surface area contributed by atoms with Gasteiger partial charge in [0.25, 0.3) is 0 Å². The average molecular weight is 298 g/mol. The summed E-state index contributed by atoms with van der Waals surface area (Å²) in [5, 5.41) is 11.7. The van der Waals surface area contributed by atoms with Crippen LogP contribution in [-0.4, -0.2) is 41.6 Å². The highest BCUT2D eigenvalue weighted by Gasteiger charge is 2.30. The van der Waals surface area contributed by atoms with Gasteiger partial charge in [-0.3, -0.25) is 4.79 Å². The molecule has 0 aromatic carbocycles. The van der Waals surface area contributed by atoms with Crippen LogP contribution < -0.4 is 5.32 Å². The Morgan fingerprint density at radius 2 is 1.86 bits per heavy atom. The number of rotatable bonds is 5. The lowest BCUT2D eigenvalue weighted by Gasteiger charge is -2.38. The van der Waals surface area contributed by atoms with Crippen LogP contribution in [0.15, 0.2) is 0 Å². The summed E-state index contributed by atoms with van der Waals surface area (Å²) in [6.07, 6.45) is 3.43. The molecule has 0 radical (unpaired) electrons. The third kappa shape index (κ3) is 5.94. The number of hydrogen-bond donors (Lipinski definition) is 2. The maximum absolute atomic E-state index is 12.0. The molecule has 2 N–H and O–H groups in total. The van der Waals surface area contributed by atoms with Gasteiger partial charge >= 0.3 is 12.0 Å². The van der Waals surface area contributed by atoms with Crippen molar-refractivity contribution >= 4 is 12.0 Å². The zero-order valence-electron chi connectivity index (χ0n) is 13.8. The fraction of sp³-hybridized carbons (Fsp3) is 0.875. The number of carbonyl (C=O) groups is 2. The second-order valence-corrected chi connectivity index (χ2v) is 7.24. The maximum Gasteiger partial charge on any atom is 0.317 e. The van der Waals surface area contributed by atoms with Gasteiger partial charge in [-0.05, 0) is 37.0 Å². The van der Waals surface area contributed by atoms with Gasteiger partial charge in [0.15, 0.2) is 0 Å². The minimum atomic E-state index is -0.773. The van der Waals surface area contributed by atoms with E-state index in [0.717, 1.165) is 25.9 Å². The van der Waals surface area contributed by atoms with Crippen LogP contribution >= 0.6 is 0 Å². The molecule has 0 aromatic rings. The molecule has 0 spiro atoms. The van der Waals surface area contributed by atoms with Crippen molar-refractivity contribution in [2.75, 3.05) is 19.6 Å². The van der Waals surface area contributed by atoms with Crippen LogP contribution in [0, 0.1) is 17.3 Å². The summed E-state index contributed by atoms with van der Waals surface area (Å²) in [4.78, 5) is 24.6. The van der Waals surface area contributed by atoms with Gasteiger partial charge in [-0.2, -0.15) is 0 Å². The topological polar surface area (TPSA) is 69.6 Å². The van der Waals surface area contributed by atoms with Crippen molar-refractivity contribution in [3.05, 3.63) is 0 Å². The molecule has 0 aromatic heterocycles. The molecule has 1 aliphatic rings. The number of piperidine rings is 1. The first-order chi connectivity index (χ1) is 9.71. The van der Waals surface area contributed by atoms with Crippen molar-refractivity contribution in [2.24, 2.45) is 17.3 Å². The monoisotopic (exact) mass is 298 g/mol. The molecule has 5 nitrogen and oxygen atoms in total. The fourth-order valence-electron chi connectivity index (χ4n) is 2.79. The number of urea groups is 1.